The number of aliphatic hydroxyl groups is 4. The van der Waals surface area contributed by atoms with Crippen molar-refractivity contribution in [3.63, 3.8) is 0 Å². The fraction of sp³-hybridized carbons (Fsp3) is 0.562. The van der Waals surface area contributed by atoms with Gasteiger partial charge in [0.25, 0.3) is 0 Å². The third-order valence-corrected chi connectivity index (χ3v) is 5.15. The molecule has 0 aromatic carbocycles. The molecule has 5 atom stereocenters. The zero-order chi connectivity index (χ0) is 19.7. The van der Waals surface area contributed by atoms with Crippen molar-refractivity contribution in [3.05, 3.63) is 24.8 Å². The van der Waals surface area contributed by atoms with Crippen molar-refractivity contribution in [1.82, 2.24) is 19.5 Å². The lowest BCUT2D eigenvalue weighted by atomic mass is 10.1. The quantitative estimate of drug-likeness (QED) is 0.282. The molecule has 0 bridgehead atoms. The smallest absolute Gasteiger partial charge is 0.172 e. The van der Waals surface area contributed by atoms with Gasteiger partial charge in [-0.05, 0) is 18.9 Å². The summed E-state index contributed by atoms with van der Waals surface area (Å²) < 4.78 is 8.63. The van der Waals surface area contributed by atoms with Crippen LogP contribution in [0.5, 0.6) is 0 Å². The standard InChI is InChI=1S/C16H23N5O5S/c1-8(2)4-10(23)21(27-3)15-11-14(17-6-18-15)20(7-19-11)16-13(25)12(24)9(5-22)26-16/h6-7,9-10,12-13,16,22-25H,1,4-5H2,2-3H3/t9-,10?,12-,13-,16-/m1/s1. The van der Waals surface area contributed by atoms with Crippen LogP contribution in [0, 0.1) is 0 Å². The molecule has 0 spiro atoms. The summed E-state index contributed by atoms with van der Waals surface area (Å²) >= 11 is 1.28. The highest BCUT2D eigenvalue weighted by atomic mass is 32.2. The van der Waals surface area contributed by atoms with Crippen LogP contribution in [0.1, 0.15) is 19.6 Å². The first-order chi connectivity index (χ1) is 12.9. The molecule has 0 radical (unpaired) electrons. The Kier molecular flexibility index (Phi) is 5.99. The van der Waals surface area contributed by atoms with E-state index in [1.807, 2.05) is 6.92 Å². The first-order valence-electron chi connectivity index (χ1n) is 8.34. The predicted molar refractivity (Wildman–Crippen MR) is 99.8 cm³/mol. The fourth-order valence-corrected chi connectivity index (χ4v) is 3.67. The van der Waals surface area contributed by atoms with Crippen molar-refractivity contribution in [3.8, 4) is 0 Å². The van der Waals surface area contributed by atoms with Crippen LogP contribution in [-0.2, 0) is 4.74 Å². The second kappa shape index (κ2) is 8.09. The van der Waals surface area contributed by atoms with Crippen LogP contribution in [0.2, 0.25) is 0 Å². The second-order valence-corrected chi connectivity index (χ2v) is 7.16. The number of imidazole rings is 1. The topological polar surface area (TPSA) is 137 Å². The summed E-state index contributed by atoms with van der Waals surface area (Å²) in [7, 11) is 0. The molecule has 2 aromatic rings. The van der Waals surface area contributed by atoms with Crippen LogP contribution in [0.3, 0.4) is 0 Å². The summed E-state index contributed by atoms with van der Waals surface area (Å²) in [4.78, 5) is 12.8. The lowest BCUT2D eigenvalue weighted by Gasteiger charge is -2.26. The third-order valence-electron chi connectivity index (χ3n) is 4.34. The van der Waals surface area contributed by atoms with E-state index >= 15 is 0 Å². The Morgan fingerprint density at radius 2 is 2.11 bits per heavy atom. The molecular formula is C16H23N5O5S. The van der Waals surface area contributed by atoms with Crippen LogP contribution < -0.4 is 4.31 Å². The molecule has 1 fully saturated rings. The summed E-state index contributed by atoms with van der Waals surface area (Å²) in [5, 5.41) is 40.0. The van der Waals surface area contributed by atoms with Crippen LogP contribution in [0.15, 0.2) is 24.8 Å². The Hall–Kier alpha value is -1.76. The molecule has 2 aromatic heterocycles. The van der Waals surface area contributed by atoms with E-state index < -0.39 is 37.4 Å². The summed E-state index contributed by atoms with van der Waals surface area (Å²) in [5.74, 6) is 0.409. The van der Waals surface area contributed by atoms with Gasteiger partial charge >= 0.3 is 0 Å². The summed E-state index contributed by atoms with van der Waals surface area (Å²) in [6.07, 6.45) is -0.254. The van der Waals surface area contributed by atoms with Crippen molar-refractivity contribution < 1.29 is 25.2 Å². The molecule has 1 unspecified atom stereocenters. The SMILES string of the molecule is C=C(C)CC(O)N(SC)c1ncnc2c1ncn2[C@@H]1O[C@H](CO)[C@@H](O)[C@H]1O. The lowest BCUT2D eigenvalue weighted by molar-refractivity contribution is -0.0511. The predicted octanol–water partition coefficient (Wildman–Crippen LogP) is -0.193. The maximum Gasteiger partial charge on any atom is 0.172 e. The molecule has 27 heavy (non-hydrogen) atoms. The number of fused-ring (bicyclic) bond motifs is 1. The van der Waals surface area contributed by atoms with Gasteiger partial charge in [0.2, 0.25) is 0 Å². The minimum atomic E-state index is -1.25. The van der Waals surface area contributed by atoms with Gasteiger partial charge in [0.05, 0.1) is 12.9 Å². The van der Waals surface area contributed by atoms with E-state index in [1.54, 1.807) is 10.6 Å². The highest BCUT2D eigenvalue weighted by Crippen LogP contribution is 2.34. The van der Waals surface area contributed by atoms with Gasteiger partial charge in [0, 0.05) is 12.7 Å². The zero-order valence-corrected chi connectivity index (χ0v) is 15.8. The number of hydrogen-bond acceptors (Lipinski definition) is 10. The Morgan fingerprint density at radius 1 is 1.37 bits per heavy atom. The highest BCUT2D eigenvalue weighted by molar-refractivity contribution is 8.00. The monoisotopic (exact) mass is 397 g/mol. The van der Waals surface area contributed by atoms with Gasteiger partial charge in [-0.1, -0.05) is 12.2 Å². The fourth-order valence-electron chi connectivity index (χ4n) is 3.04. The van der Waals surface area contributed by atoms with Crippen molar-refractivity contribution >= 4 is 28.9 Å². The zero-order valence-electron chi connectivity index (χ0n) is 15.0. The molecule has 3 rings (SSSR count). The van der Waals surface area contributed by atoms with E-state index in [0.717, 1.165) is 5.57 Å². The number of ether oxygens (including phenoxy) is 1. The second-order valence-electron chi connectivity index (χ2n) is 6.40. The Bertz CT molecular complexity index is 818. The third kappa shape index (κ3) is 3.66. The first kappa shape index (κ1) is 20.0. The van der Waals surface area contributed by atoms with Crippen molar-refractivity contribution in [1.29, 1.82) is 0 Å². The molecule has 148 valence electrons. The van der Waals surface area contributed by atoms with E-state index in [-0.39, 0.29) is 0 Å². The number of aliphatic hydroxyl groups excluding tert-OH is 4. The van der Waals surface area contributed by atoms with Crippen molar-refractivity contribution in [2.75, 3.05) is 17.2 Å². The Labute approximate surface area is 160 Å². The largest absolute Gasteiger partial charge is 0.394 e. The molecule has 0 saturated carbocycles. The van der Waals surface area contributed by atoms with Gasteiger partial charge in [-0.25, -0.2) is 15.0 Å². The van der Waals surface area contributed by atoms with E-state index in [2.05, 4.69) is 21.5 Å². The summed E-state index contributed by atoms with van der Waals surface area (Å²) in [5.41, 5.74) is 1.60. The maximum atomic E-state index is 10.5. The van der Waals surface area contributed by atoms with Crippen LogP contribution in [0.25, 0.3) is 11.2 Å². The Balaban J connectivity index is 1.99. The molecule has 3 heterocycles. The number of rotatable bonds is 7. The molecule has 1 aliphatic rings. The molecule has 1 saturated heterocycles. The summed E-state index contributed by atoms with van der Waals surface area (Å²) in [6, 6.07) is 0. The molecule has 0 aliphatic carbocycles. The van der Waals surface area contributed by atoms with Crippen molar-refractivity contribution in [2.24, 2.45) is 0 Å². The summed E-state index contributed by atoms with van der Waals surface area (Å²) in [6.45, 7) is 5.22. The van der Waals surface area contributed by atoms with Crippen LogP contribution >= 0.6 is 11.9 Å². The molecule has 1 aliphatic heterocycles. The number of hydrogen-bond donors (Lipinski definition) is 4. The van der Waals surface area contributed by atoms with Gasteiger partial charge in [-0.15, -0.1) is 0 Å². The molecular weight excluding hydrogens is 374 g/mol. The highest BCUT2D eigenvalue weighted by Gasteiger charge is 2.44. The van der Waals surface area contributed by atoms with Gasteiger partial charge in [-0.2, -0.15) is 0 Å². The van der Waals surface area contributed by atoms with Crippen LogP contribution in [0.4, 0.5) is 5.82 Å². The molecule has 11 heteroatoms. The average Bonchev–Trinajstić information content (AvgIpc) is 3.17. The minimum Gasteiger partial charge on any atom is -0.394 e. The minimum absolute atomic E-state index is 0.363. The van der Waals surface area contributed by atoms with Gasteiger partial charge in [0.1, 0.15) is 30.9 Å². The Morgan fingerprint density at radius 3 is 2.70 bits per heavy atom. The number of anilines is 1. The average molecular weight is 397 g/mol. The van der Waals surface area contributed by atoms with E-state index in [1.165, 1.54) is 29.2 Å². The van der Waals surface area contributed by atoms with E-state index in [0.29, 0.717) is 23.4 Å². The number of nitrogens with zero attached hydrogens (tertiary/aromatic N) is 5. The molecule has 4 N–H and O–H groups in total. The van der Waals surface area contributed by atoms with Crippen molar-refractivity contribution in [2.45, 2.75) is 44.1 Å². The van der Waals surface area contributed by atoms with Gasteiger partial charge in [-0.3, -0.25) is 8.87 Å². The van der Waals surface area contributed by atoms with E-state index in [9.17, 15) is 20.4 Å². The first-order valence-corrected chi connectivity index (χ1v) is 9.53. The molecule has 0 amide bonds. The van der Waals surface area contributed by atoms with Crippen LogP contribution in [-0.4, -0.2) is 77.3 Å². The van der Waals surface area contributed by atoms with Gasteiger partial charge in [0.15, 0.2) is 23.2 Å². The number of aromatic nitrogens is 4. The lowest BCUT2D eigenvalue weighted by Crippen LogP contribution is -2.33. The van der Waals surface area contributed by atoms with E-state index in [4.69, 9.17) is 4.74 Å². The normalized spacial score (nSPS) is 26.4. The maximum absolute atomic E-state index is 10.5. The van der Waals surface area contributed by atoms with Gasteiger partial charge < -0.3 is 25.2 Å². The molecule has 10 nitrogen and oxygen atoms in total.